The van der Waals surface area contributed by atoms with Gasteiger partial charge in [0.25, 0.3) is 0 Å². The third kappa shape index (κ3) is 7.78. The number of carboxylic acid groups (broad SMARTS) is 1. The van der Waals surface area contributed by atoms with Gasteiger partial charge in [-0.3, -0.25) is 9.69 Å². The third-order valence-corrected chi connectivity index (χ3v) is 7.84. The number of benzene rings is 3. The Morgan fingerprint density at radius 2 is 1.59 bits per heavy atom. The van der Waals surface area contributed by atoms with Crippen LogP contribution in [0.3, 0.4) is 0 Å². The van der Waals surface area contributed by atoms with Gasteiger partial charge in [-0.25, -0.2) is 4.98 Å². The molecule has 1 atom stereocenters. The van der Waals surface area contributed by atoms with Gasteiger partial charge in [-0.2, -0.15) is 0 Å². The van der Waals surface area contributed by atoms with Gasteiger partial charge in [0, 0.05) is 10.9 Å². The lowest BCUT2D eigenvalue weighted by molar-refractivity contribution is -0.143. The lowest BCUT2D eigenvalue weighted by Crippen LogP contribution is -2.30. The fourth-order valence-electron chi connectivity index (χ4n) is 4.99. The first-order chi connectivity index (χ1) is 19.0. The van der Waals surface area contributed by atoms with Gasteiger partial charge in [-0.1, -0.05) is 93.4 Å². The molecule has 0 aliphatic carbocycles. The van der Waals surface area contributed by atoms with Crippen LogP contribution in [0.4, 0.5) is 0 Å². The molecule has 4 aromatic rings. The molecular formula is C33H38N2O3S. The van der Waals surface area contributed by atoms with Crippen molar-refractivity contribution in [1.29, 1.82) is 0 Å². The normalized spacial score (nSPS) is 12.1. The fourth-order valence-corrected chi connectivity index (χ4v) is 5.86. The molecule has 1 N–H and O–H groups in total. The quantitative estimate of drug-likeness (QED) is 0.174. The highest BCUT2D eigenvalue weighted by molar-refractivity contribution is 7.09. The van der Waals surface area contributed by atoms with Crippen LogP contribution < -0.4 is 4.74 Å². The van der Waals surface area contributed by atoms with Crippen molar-refractivity contribution in [2.45, 2.75) is 64.6 Å². The van der Waals surface area contributed by atoms with Gasteiger partial charge in [0.1, 0.15) is 23.4 Å². The molecule has 0 aliphatic heterocycles. The molecule has 0 aliphatic rings. The van der Waals surface area contributed by atoms with E-state index < -0.39 is 12.0 Å². The SMILES string of the molecule is CCCC(CCC)c1ccc(OCc2ccc(-c3csc(CN(C)[C@H](C(=O)O)c4ccccc4)n3)cc2)cc1. The molecular weight excluding hydrogens is 504 g/mol. The number of hydrogen-bond acceptors (Lipinski definition) is 5. The number of thiazole rings is 1. The van der Waals surface area contributed by atoms with Crippen molar-refractivity contribution >= 4 is 17.3 Å². The lowest BCUT2D eigenvalue weighted by Gasteiger charge is -2.23. The van der Waals surface area contributed by atoms with E-state index in [9.17, 15) is 9.90 Å². The molecule has 3 aromatic carbocycles. The van der Waals surface area contributed by atoms with Gasteiger partial charge in [-0.15, -0.1) is 11.3 Å². The van der Waals surface area contributed by atoms with Crippen LogP contribution in [0.2, 0.25) is 0 Å². The highest BCUT2D eigenvalue weighted by Crippen LogP contribution is 2.29. The summed E-state index contributed by atoms with van der Waals surface area (Å²) >= 11 is 1.55. The second-order valence-electron chi connectivity index (χ2n) is 10.0. The average Bonchev–Trinajstić information content (AvgIpc) is 3.41. The molecule has 0 amide bonds. The summed E-state index contributed by atoms with van der Waals surface area (Å²) < 4.78 is 6.05. The first-order valence-electron chi connectivity index (χ1n) is 13.7. The minimum absolute atomic E-state index is 0.457. The molecule has 0 saturated carbocycles. The van der Waals surface area contributed by atoms with Crippen molar-refractivity contribution in [3.63, 3.8) is 0 Å². The number of carbonyl (C=O) groups is 1. The summed E-state index contributed by atoms with van der Waals surface area (Å²) in [4.78, 5) is 18.6. The summed E-state index contributed by atoms with van der Waals surface area (Å²) in [6.45, 7) is 5.47. The van der Waals surface area contributed by atoms with Crippen LogP contribution in [-0.2, 0) is 17.9 Å². The maximum Gasteiger partial charge on any atom is 0.325 e. The summed E-state index contributed by atoms with van der Waals surface area (Å²) in [5.74, 6) is 0.653. The number of hydrogen-bond donors (Lipinski definition) is 1. The van der Waals surface area contributed by atoms with Crippen LogP contribution in [0.15, 0.2) is 84.2 Å². The van der Waals surface area contributed by atoms with E-state index in [4.69, 9.17) is 9.72 Å². The van der Waals surface area contributed by atoms with Crippen LogP contribution in [0.5, 0.6) is 5.75 Å². The monoisotopic (exact) mass is 542 g/mol. The van der Waals surface area contributed by atoms with Gasteiger partial charge in [-0.05, 0) is 54.6 Å². The highest BCUT2D eigenvalue weighted by atomic mass is 32.1. The van der Waals surface area contributed by atoms with Crippen molar-refractivity contribution in [1.82, 2.24) is 9.88 Å². The second-order valence-corrected chi connectivity index (χ2v) is 11.0. The molecule has 5 nitrogen and oxygen atoms in total. The van der Waals surface area contributed by atoms with Gasteiger partial charge in [0.15, 0.2) is 0 Å². The first-order valence-corrected chi connectivity index (χ1v) is 14.6. The van der Waals surface area contributed by atoms with Crippen molar-refractivity contribution in [2.75, 3.05) is 7.05 Å². The Morgan fingerprint density at radius 1 is 0.923 bits per heavy atom. The van der Waals surface area contributed by atoms with E-state index in [1.54, 1.807) is 11.3 Å². The first kappa shape index (κ1) is 28.5. The Morgan fingerprint density at radius 3 is 2.21 bits per heavy atom. The van der Waals surface area contributed by atoms with Crippen molar-refractivity contribution < 1.29 is 14.6 Å². The van der Waals surface area contributed by atoms with E-state index >= 15 is 0 Å². The van der Waals surface area contributed by atoms with Crippen LogP contribution in [0.1, 0.15) is 73.2 Å². The minimum Gasteiger partial charge on any atom is -0.489 e. The summed E-state index contributed by atoms with van der Waals surface area (Å²) in [5, 5.41) is 12.7. The lowest BCUT2D eigenvalue weighted by atomic mass is 9.90. The van der Waals surface area contributed by atoms with Gasteiger partial charge in [0.2, 0.25) is 0 Å². The summed E-state index contributed by atoms with van der Waals surface area (Å²) in [6, 6.07) is 25.5. The zero-order valence-corrected chi connectivity index (χ0v) is 23.9. The van der Waals surface area contributed by atoms with Crippen LogP contribution in [-0.4, -0.2) is 28.0 Å². The number of rotatable bonds is 14. The van der Waals surface area contributed by atoms with Crippen molar-refractivity contribution in [3.8, 4) is 17.0 Å². The predicted molar refractivity (Wildman–Crippen MR) is 159 cm³/mol. The van der Waals surface area contributed by atoms with Gasteiger partial charge in [0.05, 0.1) is 12.2 Å². The zero-order chi connectivity index (χ0) is 27.6. The number of aromatic nitrogens is 1. The Bertz CT molecular complexity index is 1300. The van der Waals surface area contributed by atoms with E-state index in [-0.39, 0.29) is 0 Å². The van der Waals surface area contributed by atoms with E-state index in [0.29, 0.717) is 19.1 Å². The molecule has 0 bridgehead atoms. The topological polar surface area (TPSA) is 62.7 Å². The molecule has 0 fully saturated rings. The van der Waals surface area contributed by atoms with Gasteiger partial charge >= 0.3 is 5.97 Å². The number of likely N-dealkylation sites (N-methyl/N-ethyl adjacent to an activating group) is 1. The van der Waals surface area contributed by atoms with E-state index in [1.807, 2.05) is 47.7 Å². The molecule has 6 heteroatoms. The summed E-state index contributed by atoms with van der Waals surface area (Å²) in [5.41, 5.74) is 5.19. The third-order valence-electron chi connectivity index (χ3n) is 7.01. The molecule has 0 saturated heterocycles. The maximum absolute atomic E-state index is 12.0. The largest absolute Gasteiger partial charge is 0.489 e. The second kappa shape index (κ2) is 14.1. The predicted octanol–water partition coefficient (Wildman–Crippen LogP) is 8.33. The Labute approximate surface area is 236 Å². The molecule has 39 heavy (non-hydrogen) atoms. The molecule has 204 valence electrons. The summed E-state index contributed by atoms with van der Waals surface area (Å²) in [6.07, 6.45) is 4.87. The molecule has 0 unspecified atom stereocenters. The molecule has 1 aromatic heterocycles. The molecule has 0 spiro atoms. The standard InChI is InChI=1S/C33H38N2O3S/c1-4-9-25(10-5-2)26-17-19-29(20-18-26)38-22-24-13-15-27(16-14-24)30-23-39-31(34-30)21-35(3)32(33(36)37)28-11-7-6-8-12-28/h6-8,11-20,23,25,32H,4-5,9-10,21-22H2,1-3H3,(H,36,37)/t32-/m0/s1. The van der Waals surface area contributed by atoms with Gasteiger partial charge < -0.3 is 9.84 Å². The molecule has 0 radical (unpaired) electrons. The number of nitrogens with zero attached hydrogens (tertiary/aromatic N) is 2. The smallest absolute Gasteiger partial charge is 0.325 e. The number of carboxylic acids is 1. The van der Waals surface area contributed by atoms with Crippen molar-refractivity contribution in [3.05, 3.63) is 106 Å². The van der Waals surface area contributed by atoms with Crippen LogP contribution >= 0.6 is 11.3 Å². The minimum atomic E-state index is -0.869. The van der Waals surface area contributed by atoms with E-state index in [2.05, 4.69) is 62.4 Å². The van der Waals surface area contributed by atoms with Crippen molar-refractivity contribution in [2.24, 2.45) is 0 Å². The van der Waals surface area contributed by atoms with E-state index in [1.165, 1.54) is 31.2 Å². The summed E-state index contributed by atoms with van der Waals surface area (Å²) in [7, 11) is 1.82. The molecule has 4 rings (SSSR count). The number of aliphatic carboxylic acids is 1. The van der Waals surface area contributed by atoms with E-state index in [0.717, 1.165) is 33.1 Å². The molecule has 1 heterocycles. The van der Waals surface area contributed by atoms with Crippen LogP contribution in [0, 0.1) is 0 Å². The number of ether oxygens (including phenoxy) is 1. The maximum atomic E-state index is 12.0. The Hall–Kier alpha value is -3.48. The average molecular weight is 543 g/mol. The highest BCUT2D eigenvalue weighted by Gasteiger charge is 2.25. The zero-order valence-electron chi connectivity index (χ0n) is 23.0. The Kier molecular flexibility index (Phi) is 10.3. The van der Waals surface area contributed by atoms with Crippen LogP contribution in [0.25, 0.3) is 11.3 Å². The Balaban J connectivity index is 1.34. The fraction of sp³-hybridized carbons (Fsp3) is 0.333.